The number of imidazole rings is 1. The van der Waals surface area contributed by atoms with E-state index in [1.807, 2.05) is 59.8 Å². The maximum Gasteiger partial charge on any atom is 0.255 e. The molecule has 1 aromatic carbocycles. The lowest BCUT2D eigenvalue weighted by atomic mass is 9.88. The van der Waals surface area contributed by atoms with E-state index in [9.17, 15) is 9.59 Å². The summed E-state index contributed by atoms with van der Waals surface area (Å²) in [4.78, 5) is 31.6. The summed E-state index contributed by atoms with van der Waals surface area (Å²) in [7, 11) is 0. The minimum Gasteiger partial charge on any atom is -0.352 e. The molecule has 4 rings (SSSR count). The van der Waals surface area contributed by atoms with Gasteiger partial charge in [0.15, 0.2) is 6.10 Å². The van der Waals surface area contributed by atoms with Crippen LogP contribution in [0.3, 0.4) is 0 Å². The molecule has 0 bridgehead atoms. The van der Waals surface area contributed by atoms with Crippen molar-refractivity contribution in [2.24, 2.45) is 5.92 Å². The highest BCUT2D eigenvalue weighted by atomic mass is 16.5. The van der Waals surface area contributed by atoms with Crippen LogP contribution in [0.15, 0.2) is 42.7 Å². The van der Waals surface area contributed by atoms with Gasteiger partial charge in [-0.1, -0.05) is 32.0 Å². The molecule has 1 aromatic heterocycles. The molecule has 3 heterocycles. The Bertz CT molecular complexity index is 854. The summed E-state index contributed by atoms with van der Waals surface area (Å²) in [5.41, 5.74) is 0.118. The molecule has 7 nitrogen and oxygen atoms in total. The van der Waals surface area contributed by atoms with E-state index in [1.165, 1.54) is 0 Å². The summed E-state index contributed by atoms with van der Waals surface area (Å²) in [6.45, 7) is 5.49. The number of rotatable bonds is 3. The molecule has 2 aromatic rings. The summed E-state index contributed by atoms with van der Waals surface area (Å²) in [5, 5.41) is 2.94. The lowest BCUT2D eigenvalue weighted by Gasteiger charge is -2.45. The summed E-state index contributed by atoms with van der Waals surface area (Å²) in [6.07, 6.45) is 4.32. The Hall–Kier alpha value is -2.67. The summed E-state index contributed by atoms with van der Waals surface area (Å²) in [5.74, 6) is 0.832. The monoisotopic (exact) mass is 382 g/mol. The van der Waals surface area contributed by atoms with Gasteiger partial charge in [0.1, 0.15) is 11.4 Å². The van der Waals surface area contributed by atoms with Crippen LogP contribution in [-0.2, 0) is 26.5 Å². The van der Waals surface area contributed by atoms with Gasteiger partial charge in [-0.2, -0.15) is 0 Å². The van der Waals surface area contributed by atoms with Gasteiger partial charge in [-0.15, -0.1) is 0 Å². The Morgan fingerprint density at radius 3 is 2.61 bits per heavy atom. The van der Waals surface area contributed by atoms with Gasteiger partial charge in [0, 0.05) is 49.9 Å². The number of hydrogen-bond donors (Lipinski definition) is 1. The number of benzene rings is 1. The van der Waals surface area contributed by atoms with Crippen molar-refractivity contribution < 1.29 is 14.3 Å². The van der Waals surface area contributed by atoms with Crippen molar-refractivity contribution in [3.63, 3.8) is 0 Å². The number of hydrogen-bond acceptors (Lipinski definition) is 4. The number of nitrogens with one attached hydrogen (secondary N) is 1. The highest BCUT2D eigenvalue weighted by Crippen LogP contribution is 2.40. The molecule has 1 spiro atoms. The minimum atomic E-state index is -0.631. The van der Waals surface area contributed by atoms with Crippen molar-refractivity contribution in [2.45, 2.75) is 44.9 Å². The number of nitrogens with zero attached hydrogens (tertiary/aromatic N) is 3. The molecular weight excluding hydrogens is 356 g/mol. The maximum absolute atomic E-state index is 12.9. The van der Waals surface area contributed by atoms with Gasteiger partial charge in [-0.3, -0.25) is 9.59 Å². The third-order valence-corrected chi connectivity index (χ3v) is 5.56. The zero-order valence-electron chi connectivity index (χ0n) is 16.3. The van der Waals surface area contributed by atoms with E-state index in [0.717, 1.165) is 11.5 Å². The lowest BCUT2D eigenvalue weighted by Crippen LogP contribution is -2.54. The van der Waals surface area contributed by atoms with Crippen molar-refractivity contribution >= 4 is 17.5 Å². The molecule has 28 heavy (non-hydrogen) atoms. The molecule has 1 saturated heterocycles. The molecule has 1 fully saturated rings. The van der Waals surface area contributed by atoms with Gasteiger partial charge < -0.3 is 19.5 Å². The first kappa shape index (κ1) is 18.7. The van der Waals surface area contributed by atoms with E-state index in [2.05, 4.69) is 10.3 Å². The van der Waals surface area contributed by atoms with Crippen LogP contribution in [0.4, 0.5) is 5.69 Å². The van der Waals surface area contributed by atoms with Crippen molar-refractivity contribution in [2.75, 3.05) is 18.4 Å². The van der Waals surface area contributed by atoms with Crippen LogP contribution in [-0.4, -0.2) is 45.5 Å². The quantitative estimate of drug-likeness (QED) is 0.884. The Kier molecular flexibility index (Phi) is 4.93. The van der Waals surface area contributed by atoms with Gasteiger partial charge in [-0.05, 0) is 12.1 Å². The maximum atomic E-state index is 12.9. The first-order valence-corrected chi connectivity index (χ1v) is 9.83. The molecule has 1 atom stereocenters. The van der Waals surface area contributed by atoms with Gasteiger partial charge in [0.05, 0.1) is 6.54 Å². The number of para-hydroxylation sites is 1. The minimum absolute atomic E-state index is 0.0206. The zero-order chi connectivity index (χ0) is 19.7. The topological polar surface area (TPSA) is 76.5 Å². The number of amides is 2. The van der Waals surface area contributed by atoms with Crippen LogP contribution < -0.4 is 5.32 Å². The summed E-state index contributed by atoms with van der Waals surface area (Å²) in [6, 6.07) is 9.39. The predicted octanol–water partition coefficient (Wildman–Crippen LogP) is 2.39. The van der Waals surface area contributed by atoms with Gasteiger partial charge in [-0.25, -0.2) is 4.98 Å². The molecule has 1 N–H and O–H groups in total. The zero-order valence-corrected chi connectivity index (χ0v) is 16.3. The van der Waals surface area contributed by atoms with Crippen molar-refractivity contribution in [3.05, 3.63) is 48.5 Å². The van der Waals surface area contributed by atoms with Crippen LogP contribution in [0.2, 0.25) is 0 Å². The van der Waals surface area contributed by atoms with Gasteiger partial charge in [0.2, 0.25) is 5.91 Å². The summed E-state index contributed by atoms with van der Waals surface area (Å²) >= 11 is 0. The third kappa shape index (κ3) is 3.42. The molecule has 0 aliphatic carbocycles. The molecule has 0 radical (unpaired) electrons. The average molecular weight is 382 g/mol. The number of fused-ring (bicyclic) bond motifs is 2. The SMILES string of the molecule is CC(C)C(=O)N1CCC2(CC1)O[C@@H](C(=O)Nc1ccccc1)Cn1ccnc12. The van der Waals surface area contributed by atoms with Gasteiger partial charge >= 0.3 is 0 Å². The Morgan fingerprint density at radius 2 is 1.93 bits per heavy atom. The second-order valence-electron chi connectivity index (χ2n) is 7.84. The van der Waals surface area contributed by atoms with E-state index in [4.69, 9.17) is 4.74 Å². The van der Waals surface area contributed by atoms with E-state index < -0.39 is 11.7 Å². The molecule has 0 saturated carbocycles. The number of ether oxygens (including phenoxy) is 1. The Balaban J connectivity index is 1.52. The molecular formula is C21H26N4O3. The standard InChI is InChI=1S/C21H26N4O3/c1-15(2)19(27)24-11-8-21(9-12-24)20-22-10-13-25(20)14-17(28-21)18(26)23-16-6-4-3-5-7-16/h3-7,10,13,15,17H,8-9,11-12,14H2,1-2H3,(H,23,26)/t17-/m1/s1. The Morgan fingerprint density at radius 1 is 1.21 bits per heavy atom. The normalized spacial score (nSPS) is 20.8. The highest BCUT2D eigenvalue weighted by Gasteiger charge is 2.47. The number of aromatic nitrogens is 2. The number of piperidine rings is 1. The van der Waals surface area contributed by atoms with E-state index in [-0.39, 0.29) is 17.7 Å². The first-order valence-electron chi connectivity index (χ1n) is 9.83. The van der Waals surface area contributed by atoms with E-state index >= 15 is 0 Å². The summed E-state index contributed by atoms with van der Waals surface area (Å²) < 4.78 is 8.40. The van der Waals surface area contributed by atoms with Crippen LogP contribution in [0.25, 0.3) is 0 Å². The molecule has 2 amide bonds. The number of carbonyl (C=O) groups excluding carboxylic acids is 2. The van der Waals surface area contributed by atoms with Gasteiger partial charge in [0.25, 0.3) is 5.91 Å². The molecule has 0 unspecified atom stereocenters. The third-order valence-electron chi connectivity index (χ3n) is 5.56. The Labute approximate surface area is 164 Å². The molecule has 2 aliphatic heterocycles. The van der Waals surface area contributed by atoms with Crippen LogP contribution in [0.1, 0.15) is 32.5 Å². The van der Waals surface area contributed by atoms with Crippen molar-refractivity contribution in [1.82, 2.24) is 14.5 Å². The number of carbonyl (C=O) groups is 2. The fourth-order valence-electron chi connectivity index (χ4n) is 4.07. The van der Waals surface area contributed by atoms with Crippen molar-refractivity contribution in [1.29, 1.82) is 0 Å². The molecule has 7 heteroatoms. The second-order valence-corrected chi connectivity index (χ2v) is 7.84. The van der Waals surface area contributed by atoms with Crippen molar-refractivity contribution in [3.8, 4) is 0 Å². The van der Waals surface area contributed by atoms with Crippen LogP contribution in [0.5, 0.6) is 0 Å². The number of anilines is 1. The average Bonchev–Trinajstić information content (AvgIpc) is 3.18. The molecule has 148 valence electrons. The highest BCUT2D eigenvalue weighted by molar-refractivity contribution is 5.94. The number of likely N-dealkylation sites (tertiary alicyclic amines) is 1. The predicted molar refractivity (Wildman–Crippen MR) is 105 cm³/mol. The fraction of sp³-hybridized carbons (Fsp3) is 0.476. The second kappa shape index (κ2) is 7.39. The largest absolute Gasteiger partial charge is 0.352 e. The van der Waals surface area contributed by atoms with E-state index in [1.54, 1.807) is 6.20 Å². The first-order chi connectivity index (χ1) is 13.5. The molecule has 2 aliphatic rings. The fourth-order valence-corrected chi connectivity index (χ4v) is 4.07. The lowest BCUT2D eigenvalue weighted by molar-refractivity contribution is -0.173. The van der Waals surface area contributed by atoms with Crippen LogP contribution in [0, 0.1) is 5.92 Å². The smallest absolute Gasteiger partial charge is 0.255 e. The van der Waals surface area contributed by atoms with E-state index in [0.29, 0.717) is 32.5 Å². The van der Waals surface area contributed by atoms with Crippen LogP contribution >= 0.6 is 0 Å².